The molecule has 5 rings (SSSR count). The molecule has 0 bridgehead atoms. The molecule has 2 fully saturated rings. The predicted molar refractivity (Wildman–Crippen MR) is 144 cm³/mol. The maximum Gasteiger partial charge on any atom is 0.269 e. The van der Waals surface area contributed by atoms with Crippen LogP contribution in [0.4, 0.5) is 5.82 Å². The normalized spacial score (nSPS) is 23.2. The Labute approximate surface area is 213 Å². The zero-order chi connectivity index (χ0) is 24.7. The van der Waals surface area contributed by atoms with E-state index in [1.807, 2.05) is 25.1 Å². The Morgan fingerprint density at radius 1 is 1.14 bits per heavy atom. The summed E-state index contributed by atoms with van der Waals surface area (Å²) in [5, 5.41) is 1.54. The van der Waals surface area contributed by atoms with Gasteiger partial charge in [0, 0.05) is 37.1 Å². The van der Waals surface area contributed by atoms with Gasteiger partial charge in [-0.05, 0) is 76.4 Å². The van der Waals surface area contributed by atoms with E-state index in [2.05, 4.69) is 52.4 Å². The van der Waals surface area contributed by atoms with Crippen LogP contribution < -0.4 is 4.90 Å². The quantitative estimate of drug-likeness (QED) is 0.442. The molecule has 1 atom stereocenters. The van der Waals surface area contributed by atoms with Crippen molar-refractivity contribution in [2.75, 3.05) is 30.8 Å². The Balaban J connectivity index is 1.25. The van der Waals surface area contributed by atoms with Gasteiger partial charge in [0.2, 0.25) is 0 Å². The molecule has 2 aromatic heterocycles. The van der Waals surface area contributed by atoms with Crippen LogP contribution in [-0.4, -0.2) is 70.5 Å². The van der Waals surface area contributed by atoms with E-state index in [9.17, 15) is 8.42 Å². The van der Waals surface area contributed by atoms with Gasteiger partial charge in [-0.3, -0.25) is 4.90 Å². The molecule has 2 aliphatic rings. The Morgan fingerprint density at radius 3 is 2.57 bits per heavy atom. The number of nitrogens with zero attached hydrogens (tertiary/aromatic N) is 5. The van der Waals surface area contributed by atoms with Crippen molar-refractivity contribution in [1.29, 1.82) is 0 Å². The molecule has 188 valence electrons. The maximum atomic E-state index is 13.3. The average molecular weight is 514 g/mol. The fraction of sp³-hybridized carbons (Fsp3) is 0.538. The maximum absolute atomic E-state index is 13.3. The summed E-state index contributed by atoms with van der Waals surface area (Å²) in [6, 6.07) is 9.79. The molecule has 7 nitrogen and oxygen atoms in total. The second kappa shape index (κ2) is 9.75. The van der Waals surface area contributed by atoms with Gasteiger partial charge in [0.25, 0.3) is 10.0 Å². The third kappa shape index (κ3) is 4.82. The van der Waals surface area contributed by atoms with Gasteiger partial charge in [-0.1, -0.05) is 17.7 Å². The van der Waals surface area contributed by atoms with E-state index in [4.69, 9.17) is 0 Å². The van der Waals surface area contributed by atoms with Crippen molar-refractivity contribution in [3.63, 3.8) is 0 Å². The fourth-order valence-corrected chi connectivity index (χ4v) is 7.86. The van der Waals surface area contributed by atoms with Crippen LogP contribution in [0.5, 0.6) is 0 Å². The molecule has 1 saturated carbocycles. The van der Waals surface area contributed by atoms with Crippen molar-refractivity contribution in [1.82, 2.24) is 18.8 Å². The Hall–Kier alpha value is -2.10. The van der Waals surface area contributed by atoms with Crippen LogP contribution in [-0.2, 0) is 10.0 Å². The minimum atomic E-state index is -3.73. The lowest BCUT2D eigenvalue weighted by Crippen LogP contribution is -2.44. The molecule has 0 N–H and O–H groups in total. The third-order valence-corrected chi connectivity index (χ3v) is 10.8. The van der Waals surface area contributed by atoms with E-state index in [0.29, 0.717) is 17.7 Å². The van der Waals surface area contributed by atoms with Crippen molar-refractivity contribution < 1.29 is 8.42 Å². The van der Waals surface area contributed by atoms with Crippen molar-refractivity contribution in [3.05, 3.63) is 48.4 Å². The summed E-state index contributed by atoms with van der Waals surface area (Å²) >= 11 is 2.15. The lowest BCUT2D eigenvalue weighted by molar-refractivity contribution is 0.276. The zero-order valence-electron chi connectivity index (χ0n) is 21.0. The van der Waals surface area contributed by atoms with Gasteiger partial charge in [0.1, 0.15) is 12.1 Å². The van der Waals surface area contributed by atoms with Gasteiger partial charge in [-0.2, -0.15) is 11.8 Å². The van der Waals surface area contributed by atoms with E-state index in [-0.39, 0.29) is 4.90 Å². The first kappa shape index (κ1) is 24.6. The van der Waals surface area contributed by atoms with Gasteiger partial charge in [-0.15, -0.1) is 0 Å². The number of aromatic nitrogens is 3. The summed E-state index contributed by atoms with van der Waals surface area (Å²) in [5.74, 6) is 2.77. The SMILES string of the molecule is Cc1ccc(S(=O)(=O)n2ccc3c(N(C)[C@H]4C[C@@H](CSC5CCN(C(C)C)C5)C4)ncnc32)cc1. The topological polar surface area (TPSA) is 71.3 Å². The van der Waals surface area contributed by atoms with Crippen molar-refractivity contribution >= 4 is 38.6 Å². The predicted octanol–water partition coefficient (Wildman–Crippen LogP) is 4.41. The Morgan fingerprint density at radius 2 is 1.89 bits per heavy atom. The van der Waals surface area contributed by atoms with Crippen LogP contribution in [0, 0.1) is 12.8 Å². The van der Waals surface area contributed by atoms with E-state index >= 15 is 0 Å². The number of benzene rings is 1. The number of hydrogen-bond donors (Lipinski definition) is 0. The number of rotatable bonds is 8. The molecule has 0 amide bonds. The van der Waals surface area contributed by atoms with Gasteiger partial charge < -0.3 is 4.90 Å². The average Bonchev–Trinajstić information content (AvgIpc) is 3.46. The van der Waals surface area contributed by atoms with E-state index in [0.717, 1.165) is 40.8 Å². The Bertz CT molecular complexity index is 1280. The highest BCUT2D eigenvalue weighted by Gasteiger charge is 2.35. The van der Waals surface area contributed by atoms with Gasteiger partial charge >= 0.3 is 0 Å². The molecular formula is C26H35N5O2S2. The zero-order valence-corrected chi connectivity index (χ0v) is 22.6. The van der Waals surface area contributed by atoms with Crippen molar-refractivity contribution in [2.45, 2.75) is 62.3 Å². The summed E-state index contributed by atoms with van der Waals surface area (Å²) in [4.78, 5) is 13.9. The van der Waals surface area contributed by atoms with Gasteiger partial charge in [0.05, 0.1) is 10.3 Å². The largest absolute Gasteiger partial charge is 0.356 e. The summed E-state index contributed by atoms with van der Waals surface area (Å²) in [5.41, 5.74) is 1.44. The van der Waals surface area contributed by atoms with Crippen LogP contribution >= 0.6 is 11.8 Å². The molecule has 0 radical (unpaired) electrons. The number of anilines is 1. The van der Waals surface area contributed by atoms with Crippen LogP contribution in [0.3, 0.4) is 0 Å². The molecule has 1 aromatic carbocycles. The molecule has 9 heteroatoms. The van der Waals surface area contributed by atoms with Gasteiger partial charge in [0.15, 0.2) is 5.65 Å². The second-order valence-electron chi connectivity index (χ2n) is 10.3. The number of thioether (sulfide) groups is 1. The lowest BCUT2D eigenvalue weighted by Gasteiger charge is -2.42. The number of aryl methyl sites for hydroxylation is 1. The van der Waals surface area contributed by atoms with Gasteiger partial charge in [-0.25, -0.2) is 22.4 Å². The van der Waals surface area contributed by atoms with Crippen molar-refractivity contribution in [2.24, 2.45) is 5.92 Å². The van der Waals surface area contributed by atoms with Crippen LogP contribution in [0.2, 0.25) is 0 Å². The first-order valence-electron chi connectivity index (χ1n) is 12.5. The first-order valence-corrected chi connectivity index (χ1v) is 15.0. The summed E-state index contributed by atoms with van der Waals surface area (Å²) in [6.45, 7) is 8.97. The molecule has 3 heterocycles. The standard InChI is InChI=1S/C26H35N5O2S2/c1-18(2)30-11-9-22(15-30)34-16-20-13-21(14-20)29(4)25-24-10-12-31(26(24)28-17-27-25)35(32,33)23-7-5-19(3)6-8-23/h5-8,10,12,17-18,20-22H,9,11,13-16H2,1-4H3/t20-,21+,22?. The van der Waals surface area contributed by atoms with Crippen LogP contribution in [0.15, 0.2) is 47.8 Å². The van der Waals surface area contributed by atoms with E-state index in [1.54, 1.807) is 18.3 Å². The van der Waals surface area contributed by atoms with E-state index < -0.39 is 10.0 Å². The molecule has 35 heavy (non-hydrogen) atoms. The summed E-state index contributed by atoms with van der Waals surface area (Å²) in [6.07, 6.45) is 6.67. The minimum absolute atomic E-state index is 0.257. The highest BCUT2D eigenvalue weighted by atomic mass is 32.2. The second-order valence-corrected chi connectivity index (χ2v) is 13.4. The number of fused-ring (bicyclic) bond motifs is 1. The minimum Gasteiger partial charge on any atom is -0.356 e. The highest BCUT2D eigenvalue weighted by molar-refractivity contribution is 7.99. The molecule has 1 saturated heterocycles. The Kier molecular flexibility index (Phi) is 6.85. The molecule has 0 spiro atoms. The smallest absolute Gasteiger partial charge is 0.269 e. The molecule has 1 aliphatic heterocycles. The summed E-state index contributed by atoms with van der Waals surface area (Å²) in [7, 11) is -1.66. The molecule has 3 aromatic rings. The van der Waals surface area contributed by atoms with Crippen LogP contribution in [0.25, 0.3) is 11.0 Å². The number of hydrogen-bond acceptors (Lipinski definition) is 7. The molecule has 1 aliphatic carbocycles. The summed E-state index contributed by atoms with van der Waals surface area (Å²) < 4.78 is 27.8. The molecular weight excluding hydrogens is 478 g/mol. The number of likely N-dealkylation sites (tertiary alicyclic amines) is 1. The fourth-order valence-electron chi connectivity index (χ4n) is 5.17. The lowest BCUT2D eigenvalue weighted by atomic mass is 9.81. The van der Waals surface area contributed by atoms with Crippen molar-refractivity contribution in [3.8, 4) is 0 Å². The first-order chi connectivity index (χ1) is 16.7. The molecule has 1 unspecified atom stereocenters. The van der Waals surface area contributed by atoms with Crippen LogP contribution in [0.1, 0.15) is 38.7 Å². The monoisotopic (exact) mass is 513 g/mol. The highest BCUT2D eigenvalue weighted by Crippen LogP contribution is 2.39. The van der Waals surface area contributed by atoms with E-state index in [1.165, 1.54) is 35.6 Å². The third-order valence-electron chi connectivity index (χ3n) is 7.57.